The Hall–Kier alpha value is -2.22. The molecule has 22 heavy (non-hydrogen) atoms. The summed E-state index contributed by atoms with van der Waals surface area (Å²) < 4.78 is 43.8. The zero-order valence-corrected chi connectivity index (χ0v) is 12.2. The number of rotatable bonds is 2. The SMILES string of the molecule is COc1ccc(C(F)(F)F)cc1N1Cc2sccc2NC1=O. The number of alkyl halides is 3. The van der Waals surface area contributed by atoms with E-state index in [9.17, 15) is 18.0 Å². The third kappa shape index (κ3) is 2.50. The van der Waals surface area contributed by atoms with Crippen molar-refractivity contribution in [3.8, 4) is 5.75 Å². The van der Waals surface area contributed by atoms with Crippen molar-refractivity contribution >= 4 is 28.7 Å². The highest BCUT2D eigenvalue weighted by atomic mass is 32.1. The van der Waals surface area contributed by atoms with Gasteiger partial charge in [0, 0.05) is 4.88 Å². The van der Waals surface area contributed by atoms with Crippen LogP contribution < -0.4 is 15.0 Å². The number of anilines is 2. The van der Waals surface area contributed by atoms with Crippen LogP contribution in [-0.2, 0) is 12.7 Å². The van der Waals surface area contributed by atoms with E-state index in [4.69, 9.17) is 4.74 Å². The van der Waals surface area contributed by atoms with Crippen LogP contribution in [0.5, 0.6) is 5.75 Å². The Morgan fingerprint density at radius 3 is 2.77 bits per heavy atom. The third-order valence-electron chi connectivity index (χ3n) is 3.33. The number of fused-ring (bicyclic) bond motifs is 1. The summed E-state index contributed by atoms with van der Waals surface area (Å²) in [5, 5.41) is 4.48. The number of carbonyl (C=O) groups is 1. The molecule has 0 unspecified atom stereocenters. The van der Waals surface area contributed by atoms with Gasteiger partial charge in [0.2, 0.25) is 0 Å². The van der Waals surface area contributed by atoms with E-state index in [2.05, 4.69) is 5.32 Å². The fourth-order valence-electron chi connectivity index (χ4n) is 2.24. The predicted molar refractivity (Wildman–Crippen MR) is 77.5 cm³/mol. The van der Waals surface area contributed by atoms with Gasteiger partial charge in [0.25, 0.3) is 0 Å². The fraction of sp³-hybridized carbons (Fsp3) is 0.214. The number of hydrogen-bond donors (Lipinski definition) is 1. The van der Waals surface area contributed by atoms with Crippen LogP contribution in [0.1, 0.15) is 10.4 Å². The molecule has 0 bridgehead atoms. The summed E-state index contributed by atoms with van der Waals surface area (Å²) in [5.41, 5.74) is -0.0425. The van der Waals surface area contributed by atoms with Crippen molar-refractivity contribution in [2.45, 2.75) is 12.7 Å². The number of methoxy groups -OCH3 is 1. The van der Waals surface area contributed by atoms with Crippen LogP contribution in [0.2, 0.25) is 0 Å². The first-order valence-electron chi connectivity index (χ1n) is 6.30. The van der Waals surface area contributed by atoms with Gasteiger partial charge in [-0.2, -0.15) is 13.2 Å². The first-order valence-corrected chi connectivity index (χ1v) is 7.18. The van der Waals surface area contributed by atoms with Crippen molar-refractivity contribution in [1.82, 2.24) is 0 Å². The summed E-state index contributed by atoms with van der Waals surface area (Å²) in [5.74, 6) is 0.211. The smallest absolute Gasteiger partial charge is 0.416 e. The molecular formula is C14H11F3N2O2S. The number of nitrogens with zero attached hydrogens (tertiary/aromatic N) is 1. The number of ether oxygens (including phenoxy) is 1. The second-order valence-electron chi connectivity index (χ2n) is 4.66. The van der Waals surface area contributed by atoms with Gasteiger partial charge in [0.1, 0.15) is 5.75 Å². The minimum atomic E-state index is -4.48. The molecule has 0 saturated heterocycles. The monoisotopic (exact) mass is 328 g/mol. The lowest BCUT2D eigenvalue weighted by atomic mass is 10.1. The van der Waals surface area contributed by atoms with Crippen molar-refractivity contribution in [1.29, 1.82) is 0 Å². The zero-order chi connectivity index (χ0) is 15.9. The zero-order valence-electron chi connectivity index (χ0n) is 11.4. The van der Waals surface area contributed by atoms with E-state index in [0.717, 1.165) is 17.0 Å². The number of benzene rings is 1. The minimum absolute atomic E-state index is 0.0916. The molecule has 1 aliphatic rings. The van der Waals surface area contributed by atoms with Gasteiger partial charge in [-0.3, -0.25) is 4.90 Å². The Balaban J connectivity index is 2.05. The molecule has 0 saturated carbocycles. The maximum atomic E-state index is 12.9. The number of carbonyl (C=O) groups excluding carboxylic acids is 1. The molecule has 0 radical (unpaired) electrons. The molecule has 1 aromatic carbocycles. The lowest BCUT2D eigenvalue weighted by Gasteiger charge is -2.29. The third-order valence-corrected chi connectivity index (χ3v) is 4.24. The van der Waals surface area contributed by atoms with Crippen LogP contribution in [0.3, 0.4) is 0 Å². The molecule has 8 heteroatoms. The number of nitrogens with one attached hydrogen (secondary N) is 1. The average Bonchev–Trinajstić information content (AvgIpc) is 2.91. The van der Waals surface area contributed by atoms with Gasteiger partial charge in [-0.1, -0.05) is 0 Å². The van der Waals surface area contributed by atoms with E-state index >= 15 is 0 Å². The van der Waals surface area contributed by atoms with Crippen LogP contribution in [0.15, 0.2) is 29.6 Å². The number of thiophene rings is 1. The molecule has 1 N–H and O–H groups in total. The Bertz CT molecular complexity index is 727. The number of urea groups is 1. The Kier molecular flexibility index (Phi) is 3.48. The standard InChI is InChI=1S/C14H11F3N2O2S/c1-21-11-3-2-8(14(15,16)17)6-10(11)19-7-12-9(4-5-22-12)18-13(19)20/h2-6H,7H2,1H3,(H,18,20). The molecule has 0 fully saturated rings. The Morgan fingerprint density at radius 2 is 2.09 bits per heavy atom. The van der Waals surface area contributed by atoms with Crippen molar-refractivity contribution in [3.63, 3.8) is 0 Å². The van der Waals surface area contributed by atoms with E-state index in [-0.39, 0.29) is 18.0 Å². The van der Waals surface area contributed by atoms with E-state index in [1.807, 2.05) is 5.38 Å². The summed E-state index contributed by atoms with van der Waals surface area (Å²) in [7, 11) is 1.35. The summed E-state index contributed by atoms with van der Waals surface area (Å²) in [6.45, 7) is 0.205. The van der Waals surface area contributed by atoms with Crippen LogP contribution in [0.4, 0.5) is 29.3 Å². The molecule has 116 valence electrons. The lowest BCUT2D eigenvalue weighted by Crippen LogP contribution is -2.38. The van der Waals surface area contributed by atoms with E-state index in [1.165, 1.54) is 29.4 Å². The van der Waals surface area contributed by atoms with Gasteiger partial charge in [-0.05, 0) is 29.6 Å². The average molecular weight is 328 g/mol. The number of hydrogen-bond acceptors (Lipinski definition) is 3. The van der Waals surface area contributed by atoms with Crippen molar-refractivity contribution in [2.24, 2.45) is 0 Å². The molecule has 0 spiro atoms. The van der Waals surface area contributed by atoms with E-state index in [1.54, 1.807) is 6.07 Å². The molecule has 1 aromatic heterocycles. The van der Waals surface area contributed by atoms with Crippen LogP contribution in [0, 0.1) is 0 Å². The van der Waals surface area contributed by atoms with E-state index in [0.29, 0.717) is 5.69 Å². The topological polar surface area (TPSA) is 41.6 Å². The summed E-state index contributed by atoms with van der Waals surface area (Å²) >= 11 is 1.43. The summed E-state index contributed by atoms with van der Waals surface area (Å²) in [4.78, 5) is 14.3. The van der Waals surface area contributed by atoms with Gasteiger partial charge in [-0.15, -0.1) is 11.3 Å². The number of amides is 2. The van der Waals surface area contributed by atoms with Gasteiger partial charge < -0.3 is 10.1 Å². The molecule has 2 heterocycles. The van der Waals surface area contributed by atoms with Gasteiger partial charge in [0.05, 0.1) is 30.6 Å². The molecule has 2 amide bonds. The van der Waals surface area contributed by atoms with Gasteiger partial charge in [0.15, 0.2) is 0 Å². The predicted octanol–water partition coefficient (Wildman–Crippen LogP) is 4.33. The quantitative estimate of drug-likeness (QED) is 0.891. The number of halogens is 3. The largest absolute Gasteiger partial charge is 0.495 e. The van der Waals surface area contributed by atoms with Crippen molar-refractivity contribution < 1.29 is 22.7 Å². The lowest BCUT2D eigenvalue weighted by molar-refractivity contribution is -0.137. The van der Waals surface area contributed by atoms with E-state index < -0.39 is 17.8 Å². The van der Waals surface area contributed by atoms with Crippen LogP contribution >= 0.6 is 11.3 Å². The highest BCUT2D eigenvalue weighted by Crippen LogP contribution is 2.39. The Labute approximate surface area is 128 Å². The minimum Gasteiger partial charge on any atom is -0.495 e. The molecule has 4 nitrogen and oxygen atoms in total. The van der Waals surface area contributed by atoms with Crippen molar-refractivity contribution in [3.05, 3.63) is 40.1 Å². The maximum absolute atomic E-state index is 12.9. The summed E-state index contributed by atoms with van der Waals surface area (Å²) in [6.07, 6.45) is -4.48. The fourth-order valence-corrected chi connectivity index (χ4v) is 3.06. The highest BCUT2D eigenvalue weighted by molar-refractivity contribution is 7.10. The molecule has 3 rings (SSSR count). The second-order valence-corrected chi connectivity index (χ2v) is 5.66. The molecule has 2 aromatic rings. The first-order chi connectivity index (χ1) is 10.4. The molecule has 0 aliphatic carbocycles. The maximum Gasteiger partial charge on any atom is 0.416 e. The molecule has 1 aliphatic heterocycles. The molecular weight excluding hydrogens is 317 g/mol. The highest BCUT2D eigenvalue weighted by Gasteiger charge is 2.33. The second kappa shape index (κ2) is 5.20. The van der Waals surface area contributed by atoms with Crippen molar-refractivity contribution in [2.75, 3.05) is 17.3 Å². The van der Waals surface area contributed by atoms with Gasteiger partial charge in [-0.25, -0.2) is 4.79 Å². The molecule has 0 atom stereocenters. The normalized spacial score (nSPS) is 14.5. The summed E-state index contributed by atoms with van der Waals surface area (Å²) in [6, 6.07) is 4.36. The Morgan fingerprint density at radius 1 is 1.32 bits per heavy atom. The van der Waals surface area contributed by atoms with Crippen LogP contribution in [-0.4, -0.2) is 13.1 Å². The first kappa shape index (κ1) is 14.7. The van der Waals surface area contributed by atoms with Crippen LogP contribution in [0.25, 0.3) is 0 Å². The van der Waals surface area contributed by atoms with Gasteiger partial charge >= 0.3 is 12.2 Å².